The van der Waals surface area contributed by atoms with E-state index in [1.165, 1.54) is 0 Å². The van der Waals surface area contributed by atoms with Gasteiger partial charge in [-0.3, -0.25) is 4.98 Å². The highest BCUT2D eigenvalue weighted by atomic mass is 32.1. The van der Waals surface area contributed by atoms with E-state index in [4.69, 9.17) is 0 Å². The molecular weight excluding hydrogens is 186 g/mol. The van der Waals surface area contributed by atoms with E-state index in [0.29, 0.717) is 5.56 Å². The van der Waals surface area contributed by atoms with Crippen molar-refractivity contribution in [2.45, 2.75) is 19.1 Å². The van der Waals surface area contributed by atoms with Gasteiger partial charge in [0, 0.05) is 23.7 Å². The number of nitrogens with zero attached hydrogens (tertiary/aromatic N) is 1. The van der Waals surface area contributed by atoms with Crippen LogP contribution in [-0.4, -0.2) is 27.1 Å². The standard InChI is InChI=1S/C9H13NO2S/c1-6-2-7(4-10-3-6)9(12)8(11)5-13/h2-4,8-9,11-13H,5H2,1H3. The molecule has 1 aromatic heterocycles. The minimum absolute atomic E-state index is 0.231. The highest BCUT2D eigenvalue weighted by Crippen LogP contribution is 2.17. The van der Waals surface area contributed by atoms with Gasteiger partial charge in [0.05, 0.1) is 6.10 Å². The van der Waals surface area contributed by atoms with Gasteiger partial charge in [0.2, 0.25) is 0 Å². The molecular formula is C9H13NO2S. The molecule has 1 rings (SSSR count). The molecule has 0 aromatic carbocycles. The molecule has 2 unspecified atom stereocenters. The summed E-state index contributed by atoms with van der Waals surface area (Å²) in [5.41, 5.74) is 1.59. The maximum Gasteiger partial charge on any atom is 0.107 e. The number of aryl methyl sites for hydroxylation is 1. The van der Waals surface area contributed by atoms with Crippen molar-refractivity contribution in [1.29, 1.82) is 0 Å². The van der Waals surface area contributed by atoms with E-state index < -0.39 is 12.2 Å². The van der Waals surface area contributed by atoms with Crippen LogP contribution in [0.4, 0.5) is 0 Å². The molecule has 2 atom stereocenters. The zero-order valence-corrected chi connectivity index (χ0v) is 8.28. The zero-order chi connectivity index (χ0) is 9.84. The van der Waals surface area contributed by atoms with Crippen LogP contribution in [0.5, 0.6) is 0 Å². The van der Waals surface area contributed by atoms with Crippen molar-refractivity contribution in [3.63, 3.8) is 0 Å². The van der Waals surface area contributed by atoms with E-state index >= 15 is 0 Å². The fourth-order valence-electron chi connectivity index (χ4n) is 1.06. The lowest BCUT2D eigenvalue weighted by Crippen LogP contribution is -2.19. The minimum atomic E-state index is -0.898. The fourth-order valence-corrected chi connectivity index (χ4v) is 1.26. The molecule has 0 fully saturated rings. The summed E-state index contributed by atoms with van der Waals surface area (Å²) in [5, 5.41) is 18.9. The van der Waals surface area contributed by atoms with Crippen molar-refractivity contribution in [3.05, 3.63) is 29.6 Å². The second kappa shape index (κ2) is 4.60. The van der Waals surface area contributed by atoms with Crippen LogP contribution in [0.25, 0.3) is 0 Å². The third kappa shape index (κ3) is 2.69. The first-order valence-electron chi connectivity index (χ1n) is 4.03. The normalized spacial score (nSPS) is 15.4. The topological polar surface area (TPSA) is 53.4 Å². The van der Waals surface area contributed by atoms with Gasteiger partial charge >= 0.3 is 0 Å². The van der Waals surface area contributed by atoms with Gasteiger partial charge in [-0.1, -0.05) is 6.07 Å². The Kier molecular flexibility index (Phi) is 3.71. The molecule has 0 amide bonds. The SMILES string of the molecule is Cc1cncc(C(O)C(O)CS)c1. The lowest BCUT2D eigenvalue weighted by atomic mass is 10.1. The van der Waals surface area contributed by atoms with Crippen molar-refractivity contribution in [2.75, 3.05) is 5.75 Å². The van der Waals surface area contributed by atoms with Crippen LogP contribution in [0.1, 0.15) is 17.2 Å². The molecule has 0 saturated carbocycles. The first-order valence-corrected chi connectivity index (χ1v) is 4.67. The molecule has 2 N–H and O–H groups in total. The molecule has 0 aliphatic rings. The highest BCUT2D eigenvalue weighted by Gasteiger charge is 2.16. The summed E-state index contributed by atoms with van der Waals surface area (Å²) >= 11 is 3.90. The Bertz CT molecular complexity index is 280. The van der Waals surface area contributed by atoms with Crippen LogP contribution in [-0.2, 0) is 0 Å². The summed E-state index contributed by atoms with van der Waals surface area (Å²) in [7, 11) is 0. The number of aliphatic hydroxyl groups is 2. The Morgan fingerprint density at radius 1 is 1.46 bits per heavy atom. The maximum atomic E-state index is 9.57. The molecule has 0 radical (unpaired) electrons. The summed E-state index contributed by atoms with van der Waals surface area (Å²) in [6.45, 7) is 1.89. The molecule has 4 heteroatoms. The summed E-state index contributed by atoms with van der Waals surface area (Å²) in [6.07, 6.45) is 1.50. The van der Waals surface area contributed by atoms with E-state index in [1.54, 1.807) is 18.5 Å². The monoisotopic (exact) mass is 199 g/mol. The number of aliphatic hydroxyl groups excluding tert-OH is 2. The van der Waals surface area contributed by atoms with E-state index in [1.807, 2.05) is 6.92 Å². The van der Waals surface area contributed by atoms with Crippen LogP contribution in [0.2, 0.25) is 0 Å². The van der Waals surface area contributed by atoms with Crippen molar-refractivity contribution in [2.24, 2.45) is 0 Å². The maximum absolute atomic E-state index is 9.57. The van der Waals surface area contributed by atoms with E-state index in [2.05, 4.69) is 17.6 Å². The average molecular weight is 199 g/mol. The summed E-state index contributed by atoms with van der Waals surface area (Å²) in [5.74, 6) is 0.231. The number of thiol groups is 1. The Hall–Kier alpha value is -0.580. The van der Waals surface area contributed by atoms with Gasteiger partial charge in [0.15, 0.2) is 0 Å². The Labute approximate surface area is 82.9 Å². The van der Waals surface area contributed by atoms with Gasteiger partial charge in [0.25, 0.3) is 0 Å². The second-order valence-corrected chi connectivity index (χ2v) is 3.36. The number of hydrogen-bond donors (Lipinski definition) is 3. The molecule has 0 saturated heterocycles. The molecule has 3 nitrogen and oxygen atoms in total. The predicted molar refractivity (Wildman–Crippen MR) is 53.8 cm³/mol. The number of rotatable bonds is 3. The van der Waals surface area contributed by atoms with E-state index in [0.717, 1.165) is 5.56 Å². The largest absolute Gasteiger partial charge is 0.389 e. The van der Waals surface area contributed by atoms with Gasteiger partial charge in [-0.15, -0.1) is 0 Å². The highest BCUT2D eigenvalue weighted by molar-refractivity contribution is 7.80. The van der Waals surface area contributed by atoms with Crippen molar-refractivity contribution in [1.82, 2.24) is 4.98 Å². The smallest absolute Gasteiger partial charge is 0.107 e. The Morgan fingerprint density at radius 2 is 2.15 bits per heavy atom. The first kappa shape index (κ1) is 10.5. The zero-order valence-electron chi connectivity index (χ0n) is 7.38. The molecule has 72 valence electrons. The van der Waals surface area contributed by atoms with Crippen LogP contribution in [0, 0.1) is 6.92 Å². The summed E-state index contributed by atoms with van der Waals surface area (Å²) in [4.78, 5) is 3.93. The third-order valence-corrected chi connectivity index (χ3v) is 2.16. The van der Waals surface area contributed by atoms with Crippen LogP contribution in [0.15, 0.2) is 18.5 Å². The molecule has 13 heavy (non-hydrogen) atoms. The Morgan fingerprint density at radius 3 is 2.69 bits per heavy atom. The fraction of sp³-hybridized carbons (Fsp3) is 0.444. The van der Waals surface area contributed by atoms with E-state index in [9.17, 15) is 10.2 Å². The lowest BCUT2D eigenvalue weighted by molar-refractivity contribution is 0.0335. The van der Waals surface area contributed by atoms with Gasteiger partial charge in [-0.25, -0.2) is 0 Å². The Balaban J connectivity index is 2.82. The predicted octanol–water partition coefficient (Wildman–Crippen LogP) is 0.714. The van der Waals surface area contributed by atoms with Crippen molar-refractivity contribution >= 4 is 12.6 Å². The molecule has 1 heterocycles. The summed E-state index contributed by atoms with van der Waals surface area (Å²) < 4.78 is 0. The number of aromatic nitrogens is 1. The average Bonchev–Trinajstić information content (AvgIpc) is 2.15. The molecule has 0 aliphatic heterocycles. The molecule has 1 aromatic rings. The summed E-state index contributed by atoms with van der Waals surface area (Å²) in [6, 6.07) is 1.80. The molecule has 0 bridgehead atoms. The van der Waals surface area contributed by atoms with Gasteiger partial charge in [-0.2, -0.15) is 12.6 Å². The molecule has 0 aliphatic carbocycles. The van der Waals surface area contributed by atoms with Crippen LogP contribution in [0.3, 0.4) is 0 Å². The van der Waals surface area contributed by atoms with Gasteiger partial charge < -0.3 is 10.2 Å². The van der Waals surface area contributed by atoms with Gasteiger partial charge in [-0.05, 0) is 12.5 Å². The van der Waals surface area contributed by atoms with Gasteiger partial charge in [0.1, 0.15) is 6.10 Å². The first-order chi connectivity index (χ1) is 6.15. The molecule has 0 spiro atoms. The minimum Gasteiger partial charge on any atom is -0.389 e. The third-order valence-electron chi connectivity index (χ3n) is 1.79. The lowest BCUT2D eigenvalue weighted by Gasteiger charge is -2.15. The van der Waals surface area contributed by atoms with E-state index in [-0.39, 0.29) is 5.75 Å². The van der Waals surface area contributed by atoms with Crippen LogP contribution < -0.4 is 0 Å². The van der Waals surface area contributed by atoms with Crippen molar-refractivity contribution < 1.29 is 10.2 Å². The quantitative estimate of drug-likeness (QED) is 0.629. The second-order valence-electron chi connectivity index (χ2n) is 2.99. The van der Waals surface area contributed by atoms with Crippen LogP contribution >= 0.6 is 12.6 Å². The van der Waals surface area contributed by atoms with Crippen molar-refractivity contribution in [3.8, 4) is 0 Å². The number of pyridine rings is 1. The number of hydrogen-bond acceptors (Lipinski definition) is 4.